The van der Waals surface area contributed by atoms with Crippen molar-refractivity contribution in [1.29, 1.82) is 0 Å². The first kappa shape index (κ1) is 11.6. The second-order valence-corrected chi connectivity index (χ2v) is 3.77. The molecular formula is C8H17NO2S. The normalized spacial score (nSPS) is 10.1. The molecule has 0 N–H and O–H groups in total. The van der Waals surface area contributed by atoms with E-state index in [-0.39, 0.29) is 12.1 Å². The third-order valence-electron chi connectivity index (χ3n) is 1.18. The molecule has 0 spiro atoms. The van der Waals surface area contributed by atoms with Crippen LogP contribution in [0.3, 0.4) is 0 Å². The van der Waals surface area contributed by atoms with Crippen LogP contribution in [0.15, 0.2) is 0 Å². The van der Waals surface area contributed by atoms with Crippen LogP contribution in [0.4, 0.5) is 4.79 Å². The Morgan fingerprint density at radius 1 is 1.50 bits per heavy atom. The van der Waals surface area contributed by atoms with Crippen LogP contribution in [0.1, 0.15) is 27.7 Å². The molecule has 0 bridgehead atoms. The van der Waals surface area contributed by atoms with E-state index in [1.807, 2.05) is 27.7 Å². The van der Waals surface area contributed by atoms with Gasteiger partial charge in [-0.15, -0.1) is 0 Å². The first-order valence-electron chi connectivity index (χ1n) is 4.22. The highest BCUT2D eigenvalue weighted by atomic mass is 32.2. The summed E-state index contributed by atoms with van der Waals surface area (Å²) in [4.78, 5) is 11.3. The Bertz CT molecular complexity index is 139. The third-order valence-corrected chi connectivity index (χ3v) is 2.29. The number of hydrogen-bond acceptors (Lipinski definition) is 3. The molecule has 3 nitrogen and oxygen atoms in total. The van der Waals surface area contributed by atoms with Gasteiger partial charge in [-0.1, -0.05) is 6.92 Å². The monoisotopic (exact) mass is 191 g/mol. The summed E-state index contributed by atoms with van der Waals surface area (Å²) < 4.78 is 6.54. The Labute approximate surface area is 78.6 Å². The zero-order valence-electron chi connectivity index (χ0n) is 8.16. The van der Waals surface area contributed by atoms with Gasteiger partial charge in [-0.2, -0.15) is 0 Å². The van der Waals surface area contributed by atoms with Gasteiger partial charge in [0, 0.05) is 11.8 Å². The standard InChI is InChI=1S/C8H17NO2S/c1-5-11-8(10)9(7(3)4)12-6-2/h7H,5-6H2,1-4H3. The summed E-state index contributed by atoms with van der Waals surface area (Å²) >= 11 is 1.49. The van der Waals surface area contributed by atoms with E-state index in [9.17, 15) is 4.79 Å². The van der Waals surface area contributed by atoms with Gasteiger partial charge in [0.05, 0.1) is 6.61 Å². The second-order valence-electron chi connectivity index (χ2n) is 2.54. The molecule has 0 aliphatic rings. The average molecular weight is 191 g/mol. The van der Waals surface area contributed by atoms with Gasteiger partial charge >= 0.3 is 6.09 Å². The molecule has 12 heavy (non-hydrogen) atoms. The fraction of sp³-hybridized carbons (Fsp3) is 0.875. The first-order valence-corrected chi connectivity index (χ1v) is 5.16. The SMILES string of the molecule is CCOC(=O)N(SCC)C(C)C. The van der Waals surface area contributed by atoms with Gasteiger partial charge in [0.2, 0.25) is 0 Å². The molecule has 0 aromatic rings. The lowest BCUT2D eigenvalue weighted by Crippen LogP contribution is -2.31. The van der Waals surface area contributed by atoms with E-state index in [0.717, 1.165) is 5.75 Å². The Hall–Kier alpha value is -0.380. The minimum absolute atomic E-state index is 0.189. The van der Waals surface area contributed by atoms with Crippen LogP contribution in [0, 0.1) is 0 Å². The van der Waals surface area contributed by atoms with E-state index >= 15 is 0 Å². The van der Waals surface area contributed by atoms with Crippen LogP contribution in [0.2, 0.25) is 0 Å². The van der Waals surface area contributed by atoms with Crippen molar-refractivity contribution in [2.75, 3.05) is 12.4 Å². The minimum atomic E-state index is -0.237. The van der Waals surface area contributed by atoms with Crippen molar-refractivity contribution >= 4 is 18.0 Å². The van der Waals surface area contributed by atoms with Gasteiger partial charge in [0.15, 0.2) is 0 Å². The number of nitrogens with zero attached hydrogens (tertiary/aromatic N) is 1. The van der Waals surface area contributed by atoms with Gasteiger partial charge in [0.25, 0.3) is 0 Å². The van der Waals surface area contributed by atoms with Gasteiger partial charge in [-0.05, 0) is 32.7 Å². The van der Waals surface area contributed by atoms with Crippen molar-refractivity contribution in [2.24, 2.45) is 0 Å². The Morgan fingerprint density at radius 2 is 2.08 bits per heavy atom. The molecule has 0 unspecified atom stereocenters. The van der Waals surface area contributed by atoms with Crippen molar-refractivity contribution in [3.8, 4) is 0 Å². The second kappa shape index (κ2) is 6.17. The highest BCUT2D eigenvalue weighted by molar-refractivity contribution is 7.97. The topological polar surface area (TPSA) is 29.5 Å². The maximum absolute atomic E-state index is 11.3. The Kier molecular flexibility index (Phi) is 5.98. The maximum atomic E-state index is 11.3. The molecular weight excluding hydrogens is 174 g/mol. The summed E-state index contributed by atoms with van der Waals surface area (Å²) in [6.07, 6.45) is -0.237. The molecule has 72 valence electrons. The summed E-state index contributed by atoms with van der Waals surface area (Å²) in [5.74, 6) is 0.886. The average Bonchev–Trinajstić information content (AvgIpc) is 1.99. The first-order chi connectivity index (χ1) is 5.63. The van der Waals surface area contributed by atoms with Crippen LogP contribution < -0.4 is 0 Å². The fourth-order valence-corrected chi connectivity index (χ4v) is 1.47. The number of carbonyl (C=O) groups is 1. The predicted molar refractivity (Wildman–Crippen MR) is 52.1 cm³/mol. The lowest BCUT2D eigenvalue weighted by Gasteiger charge is -2.23. The van der Waals surface area contributed by atoms with E-state index < -0.39 is 0 Å². The zero-order valence-corrected chi connectivity index (χ0v) is 8.98. The van der Waals surface area contributed by atoms with E-state index in [2.05, 4.69) is 0 Å². The van der Waals surface area contributed by atoms with Crippen LogP contribution in [0.5, 0.6) is 0 Å². The van der Waals surface area contributed by atoms with Gasteiger partial charge in [-0.3, -0.25) is 0 Å². The molecule has 0 saturated heterocycles. The van der Waals surface area contributed by atoms with Crippen LogP contribution in [-0.4, -0.2) is 28.8 Å². The number of ether oxygens (including phenoxy) is 1. The van der Waals surface area contributed by atoms with Crippen molar-refractivity contribution in [3.05, 3.63) is 0 Å². The van der Waals surface area contributed by atoms with Gasteiger partial charge < -0.3 is 4.74 Å². The minimum Gasteiger partial charge on any atom is -0.449 e. The molecule has 4 heteroatoms. The van der Waals surface area contributed by atoms with Crippen molar-refractivity contribution in [3.63, 3.8) is 0 Å². The lowest BCUT2D eigenvalue weighted by molar-refractivity contribution is 0.128. The fourth-order valence-electron chi connectivity index (χ4n) is 0.739. The number of carbonyl (C=O) groups excluding carboxylic acids is 1. The largest absolute Gasteiger partial charge is 0.449 e. The van der Waals surface area contributed by atoms with Gasteiger partial charge in [0.1, 0.15) is 0 Å². The third kappa shape index (κ3) is 3.85. The molecule has 1 amide bonds. The summed E-state index contributed by atoms with van der Waals surface area (Å²) in [7, 11) is 0. The number of rotatable bonds is 4. The molecule has 0 aliphatic carbocycles. The molecule has 0 fully saturated rings. The molecule has 0 aromatic heterocycles. The maximum Gasteiger partial charge on any atom is 0.420 e. The van der Waals surface area contributed by atoms with E-state index in [1.165, 1.54) is 11.9 Å². The van der Waals surface area contributed by atoms with Crippen molar-refractivity contribution in [2.45, 2.75) is 33.7 Å². The van der Waals surface area contributed by atoms with E-state index in [0.29, 0.717) is 6.61 Å². The highest BCUT2D eigenvalue weighted by Crippen LogP contribution is 2.15. The molecule has 0 atom stereocenters. The van der Waals surface area contributed by atoms with Crippen LogP contribution in [0.25, 0.3) is 0 Å². The smallest absolute Gasteiger partial charge is 0.420 e. The highest BCUT2D eigenvalue weighted by Gasteiger charge is 2.17. The Balaban J connectivity index is 4.00. The molecule has 0 saturated carbocycles. The number of hydrogen-bond donors (Lipinski definition) is 0. The lowest BCUT2D eigenvalue weighted by atomic mass is 10.4. The molecule has 0 aliphatic heterocycles. The van der Waals surface area contributed by atoms with Crippen molar-refractivity contribution < 1.29 is 9.53 Å². The summed E-state index contributed by atoms with van der Waals surface area (Å²) in [6.45, 7) is 8.21. The van der Waals surface area contributed by atoms with E-state index in [4.69, 9.17) is 4.74 Å². The summed E-state index contributed by atoms with van der Waals surface area (Å²) in [6, 6.07) is 0.189. The number of amides is 1. The predicted octanol–water partition coefficient (Wildman–Crippen LogP) is 2.52. The molecule has 0 aromatic carbocycles. The Morgan fingerprint density at radius 3 is 2.42 bits per heavy atom. The zero-order chi connectivity index (χ0) is 9.56. The van der Waals surface area contributed by atoms with Crippen LogP contribution in [-0.2, 0) is 4.74 Å². The molecule has 0 rings (SSSR count). The van der Waals surface area contributed by atoms with Gasteiger partial charge in [-0.25, -0.2) is 9.10 Å². The summed E-state index contributed by atoms with van der Waals surface area (Å²) in [5.41, 5.74) is 0. The van der Waals surface area contributed by atoms with Crippen molar-refractivity contribution in [1.82, 2.24) is 4.31 Å². The van der Waals surface area contributed by atoms with Crippen LogP contribution >= 0.6 is 11.9 Å². The summed E-state index contributed by atoms with van der Waals surface area (Å²) in [5, 5.41) is 0. The van der Waals surface area contributed by atoms with E-state index in [1.54, 1.807) is 4.31 Å². The molecule has 0 heterocycles. The quantitative estimate of drug-likeness (QED) is 0.639. The molecule has 0 radical (unpaired) electrons.